The van der Waals surface area contributed by atoms with E-state index in [-0.39, 0.29) is 17.8 Å². The maximum Gasteiger partial charge on any atom is 0.490 e. The number of nitrogens with one attached hydrogen (secondary N) is 1. The molecular weight excluding hydrogens is 444 g/mol. The second-order valence-corrected chi connectivity index (χ2v) is 8.31. The highest BCUT2D eigenvalue weighted by molar-refractivity contribution is 5.76. The highest BCUT2D eigenvalue weighted by Gasteiger charge is 2.38. The zero-order valence-electron chi connectivity index (χ0n) is 17.9. The van der Waals surface area contributed by atoms with E-state index in [4.69, 9.17) is 9.90 Å². The summed E-state index contributed by atoms with van der Waals surface area (Å²) in [6.07, 6.45) is 0.699. The lowest BCUT2D eigenvalue weighted by molar-refractivity contribution is -0.192. The Labute approximate surface area is 188 Å². The Morgan fingerprint density at radius 2 is 1.82 bits per heavy atom. The summed E-state index contributed by atoms with van der Waals surface area (Å²) in [5.74, 6) is -2.17. The molecule has 2 heterocycles. The van der Waals surface area contributed by atoms with Crippen molar-refractivity contribution >= 4 is 11.9 Å². The van der Waals surface area contributed by atoms with Gasteiger partial charge in [0.15, 0.2) is 0 Å². The minimum atomic E-state index is -5.08. The van der Waals surface area contributed by atoms with E-state index >= 15 is 0 Å². The number of rotatable bonds is 7. The molecule has 180 valence electrons. The highest BCUT2D eigenvalue weighted by Crippen LogP contribution is 2.32. The molecule has 1 unspecified atom stereocenters. The van der Waals surface area contributed by atoms with Crippen LogP contribution in [0.15, 0.2) is 36.5 Å². The Balaban J connectivity index is 0.000000383. The van der Waals surface area contributed by atoms with Gasteiger partial charge in [0.05, 0.1) is 11.7 Å². The maximum absolute atomic E-state index is 13.1. The van der Waals surface area contributed by atoms with Crippen LogP contribution in [0.5, 0.6) is 0 Å². The number of benzene rings is 1. The van der Waals surface area contributed by atoms with Gasteiger partial charge < -0.3 is 10.4 Å². The molecule has 1 amide bonds. The van der Waals surface area contributed by atoms with E-state index < -0.39 is 12.1 Å². The first-order valence-corrected chi connectivity index (χ1v) is 10.7. The van der Waals surface area contributed by atoms with Crippen LogP contribution in [-0.2, 0) is 22.7 Å². The molecule has 7 nitrogen and oxygen atoms in total. The van der Waals surface area contributed by atoms with Gasteiger partial charge in [0.1, 0.15) is 5.82 Å². The van der Waals surface area contributed by atoms with Crippen LogP contribution in [0.25, 0.3) is 0 Å². The number of carbonyl (C=O) groups is 2. The summed E-state index contributed by atoms with van der Waals surface area (Å²) in [6, 6.07) is 9.00. The molecule has 1 aromatic heterocycles. The predicted octanol–water partition coefficient (Wildman–Crippen LogP) is 3.52. The fourth-order valence-corrected chi connectivity index (χ4v) is 3.68. The second-order valence-electron chi connectivity index (χ2n) is 8.31. The van der Waals surface area contributed by atoms with Crippen molar-refractivity contribution in [2.45, 2.75) is 51.0 Å². The predicted molar refractivity (Wildman–Crippen MR) is 110 cm³/mol. The van der Waals surface area contributed by atoms with Gasteiger partial charge in [-0.2, -0.15) is 18.3 Å². The third-order valence-corrected chi connectivity index (χ3v) is 5.49. The van der Waals surface area contributed by atoms with Crippen LogP contribution in [0.3, 0.4) is 0 Å². The number of nitrogens with zero attached hydrogens (tertiary/aromatic N) is 3. The molecule has 0 saturated heterocycles. The SMILES string of the molecule is O=C(CC1CC1)NCCC1CN(Cc2ccc(F)cc2)Cc2ccnn21.O=C(O)C(F)(F)F. The van der Waals surface area contributed by atoms with Crippen LogP contribution in [0.1, 0.15) is 43.0 Å². The van der Waals surface area contributed by atoms with E-state index in [1.807, 2.05) is 18.3 Å². The Morgan fingerprint density at radius 3 is 2.42 bits per heavy atom. The Bertz CT molecular complexity index is 942. The summed E-state index contributed by atoms with van der Waals surface area (Å²) in [7, 11) is 0. The van der Waals surface area contributed by atoms with E-state index in [0.717, 1.165) is 31.6 Å². The summed E-state index contributed by atoms with van der Waals surface area (Å²) in [6.45, 7) is 3.18. The number of aromatic nitrogens is 2. The van der Waals surface area contributed by atoms with E-state index in [9.17, 15) is 22.4 Å². The van der Waals surface area contributed by atoms with Gasteiger partial charge in [-0.1, -0.05) is 12.1 Å². The molecule has 1 fully saturated rings. The zero-order chi connectivity index (χ0) is 24.0. The van der Waals surface area contributed by atoms with Gasteiger partial charge in [-0.3, -0.25) is 14.4 Å². The van der Waals surface area contributed by atoms with Crippen molar-refractivity contribution in [3.05, 3.63) is 53.6 Å². The van der Waals surface area contributed by atoms with Crippen molar-refractivity contribution in [3.63, 3.8) is 0 Å². The van der Waals surface area contributed by atoms with Crippen molar-refractivity contribution in [2.24, 2.45) is 5.92 Å². The number of hydrogen-bond donors (Lipinski definition) is 2. The third-order valence-electron chi connectivity index (χ3n) is 5.49. The van der Waals surface area contributed by atoms with Gasteiger partial charge in [-0.15, -0.1) is 0 Å². The average Bonchev–Trinajstić information content (AvgIpc) is 3.42. The van der Waals surface area contributed by atoms with Crippen LogP contribution in [0.4, 0.5) is 17.6 Å². The van der Waals surface area contributed by atoms with Crippen molar-refractivity contribution in [3.8, 4) is 0 Å². The number of aliphatic carboxylic acids is 1. The molecule has 0 bridgehead atoms. The fraction of sp³-hybridized carbons (Fsp3) is 0.500. The van der Waals surface area contributed by atoms with Crippen molar-refractivity contribution < 1.29 is 32.3 Å². The lowest BCUT2D eigenvalue weighted by Gasteiger charge is -2.34. The first-order chi connectivity index (χ1) is 15.6. The van der Waals surface area contributed by atoms with E-state index in [2.05, 4.69) is 26.1 Å². The molecular formula is C22H26F4N4O3. The number of halogens is 4. The molecule has 0 spiro atoms. The molecule has 11 heteroatoms. The summed E-state index contributed by atoms with van der Waals surface area (Å²) >= 11 is 0. The van der Waals surface area contributed by atoms with Crippen LogP contribution >= 0.6 is 0 Å². The van der Waals surface area contributed by atoms with E-state index in [1.165, 1.54) is 30.7 Å². The lowest BCUT2D eigenvalue weighted by Crippen LogP contribution is -2.39. The van der Waals surface area contributed by atoms with Gasteiger partial charge in [0, 0.05) is 38.8 Å². The highest BCUT2D eigenvalue weighted by atomic mass is 19.4. The molecule has 0 radical (unpaired) electrons. The topological polar surface area (TPSA) is 87.5 Å². The van der Waals surface area contributed by atoms with Gasteiger partial charge in [0.25, 0.3) is 0 Å². The van der Waals surface area contributed by atoms with Crippen LogP contribution in [0, 0.1) is 11.7 Å². The Morgan fingerprint density at radius 1 is 1.15 bits per heavy atom. The van der Waals surface area contributed by atoms with Crippen LogP contribution in [0.2, 0.25) is 0 Å². The molecule has 2 aromatic rings. The quantitative estimate of drug-likeness (QED) is 0.605. The number of hydrogen-bond acceptors (Lipinski definition) is 4. The van der Waals surface area contributed by atoms with Crippen molar-refractivity contribution in [1.29, 1.82) is 0 Å². The summed E-state index contributed by atoms with van der Waals surface area (Å²) in [4.78, 5) is 23.1. The van der Waals surface area contributed by atoms with Gasteiger partial charge in [-0.05, 0) is 48.9 Å². The zero-order valence-corrected chi connectivity index (χ0v) is 17.9. The van der Waals surface area contributed by atoms with Gasteiger partial charge >= 0.3 is 12.1 Å². The number of fused-ring (bicyclic) bond motifs is 1. The number of alkyl halides is 3. The first kappa shape index (κ1) is 24.7. The molecule has 1 atom stereocenters. The molecule has 1 saturated carbocycles. The van der Waals surface area contributed by atoms with Gasteiger partial charge in [-0.25, -0.2) is 9.18 Å². The summed E-state index contributed by atoms with van der Waals surface area (Å²) in [5, 5.41) is 14.7. The normalized spacial score (nSPS) is 18.1. The molecule has 1 aliphatic heterocycles. The minimum absolute atomic E-state index is 0.173. The minimum Gasteiger partial charge on any atom is -0.475 e. The molecule has 2 N–H and O–H groups in total. The number of carboxylic acids is 1. The fourth-order valence-electron chi connectivity index (χ4n) is 3.68. The van der Waals surface area contributed by atoms with Crippen LogP contribution < -0.4 is 5.32 Å². The largest absolute Gasteiger partial charge is 0.490 e. The molecule has 1 aromatic carbocycles. The molecule has 4 rings (SSSR count). The second kappa shape index (κ2) is 10.8. The first-order valence-electron chi connectivity index (χ1n) is 10.7. The lowest BCUT2D eigenvalue weighted by atomic mass is 10.1. The molecule has 1 aliphatic carbocycles. The Hall–Kier alpha value is -2.95. The van der Waals surface area contributed by atoms with Crippen molar-refractivity contribution in [1.82, 2.24) is 20.0 Å². The van der Waals surface area contributed by atoms with Crippen LogP contribution in [-0.4, -0.2) is 50.9 Å². The number of carboxylic acid groups (broad SMARTS) is 1. The van der Waals surface area contributed by atoms with E-state index in [0.29, 0.717) is 18.9 Å². The smallest absolute Gasteiger partial charge is 0.475 e. The van der Waals surface area contributed by atoms with Gasteiger partial charge in [0.2, 0.25) is 5.91 Å². The molecule has 2 aliphatic rings. The number of carbonyl (C=O) groups excluding carboxylic acids is 1. The monoisotopic (exact) mass is 470 g/mol. The summed E-state index contributed by atoms with van der Waals surface area (Å²) in [5.41, 5.74) is 2.29. The standard InChI is InChI=1S/C20H25FN4O.C2HF3O2/c21-17-5-3-16(4-6-17)12-24-13-18(25-19(14-24)8-10-23-25)7-9-22-20(26)11-15-1-2-15;3-2(4,5)1(6)7/h3-6,8,10,15,18H,1-2,7,9,11-14H2,(H,22,26);(H,6,7). The Kier molecular flexibility index (Phi) is 8.06. The molecule has 33 heavy (non-hydrogen) atoms. The van der Waals surface area contributed by atoms with E-state index in [1.54, 1.807) is 0 Å². The average molecular weight is 470 g/mol. The third kappa shape index (κ3) is 7.85. The van der Waals surface area contributed by atoms with Crippen molar-refractivity contribution in [2.75, 3.05) is 13.1 Å². The number of amides is 1. The maximum atomic E-state index is 13.1. The summed E-state index contributed by atoms with van der Waals surface area (Å²) < 4.78 is 46.9.